The first-order valence-corrected chi connectivity index (χ1v) is 8.30. The molecule has 4 heteroatoms. The lowest BCUT2D eigenvalue weighted by Crippen LogP contribution is -2.34. The first-order valence-electron chi connectivity index (χ1n) is 8.30. The average molecular weight is 304 g/mol. The SMILES string of the molecule is CCC[C@H](C)C(=O)NC[C@@H]1CCN(c2cccc(OC)c2)C1. The van der Waals surface area contributed by atoms with Gasteiger partial charge in [0.15, 0.2) is 0 Å². The van der Waals surface area contributed by atoms with Crippen LogP contribution in [0.25, 0.3) is 0 Å². The molecule has 1 fully saturated rings. The van der Waals surface area contributed by atoms with Gasteiger partial charge < -0.3 is 15.0 Å². The van der Waals surface area contributed by atoms with Crippen LogP contribution in [0.2, 0.25) is 0 Å². The second kappa shape index (κ2) is 8.06. The predicted octanol–water partition coefficient (Wildman–Crippen LogP) is 3.07. The van der Waals surface area contributed by atoms with E-state index in [1.807, 2.05) is 19.1 Å². The van der Waals surface area contributed by atoms with Crippen LogP contribution in [-0.2, 0) is 4.79 Å². The smallest absolute Gasteiger partial charge is 0.222 e. The van der Waals surface area contributed by atoms with E-state index in [4.69, 9.17) is 4.74 Å². The summed E-state index contributed by atoms with van der Waals surface area (Å²) < 4.78 is 5.29. The summed E-state index contributed by atoms with van der Waals surface area (Å²) in [5.41, 5.74) is 1.20. The Bertz CT molecular complexity index is 490. The highest BCUT2D eigenvalue weighted by atomic mass is 16.5. The molecule has 1 saturated heterocycles. The van der Waals surface area contributed by atoms with Crippen LogP contribution in [0.4, 0.5) is 5.69 Å². The maximum atomic E-state index is 12.0. The zero-order valence-electron chi connectivity index (χ0n) is 14.0. The first-order chi connectivity index (χ1) is 10.6. The molecule has 22 heavy (non-hydrogen) atoms. The molecule has 1 heterocycles. The van der Waals surface area contributed by atoms with Crippen LogP contribution in [-0.4, -0.2) is 32.7 Å². The second-order valence-electron chi connectivity index (χ2n) is 6.24. The number of rotatable bonds is 7. The quantitative estimate of drug-likeness (QED) is 0.841. The number of hydrogen-bond donors (Lipinski definition) is 1. The molecule has 0 aliphatic carbocycles. The second-order valence-corrected chi connectivity index (χ2v) is 6.24. The van der Waals surface area contributed by atoms with Crippen molar-refractivity contribution >= 4 is 11.6 Å². The molecule has 4 nitrogen and oxygen atoms in total. The first kappa shape index (κ1) is 16.7. The summed E-state index contributed by atoms with van der Waals surface area (Å²) in [7, 11) is 1.69. The summed E-state index contributed by atoms with van der Waals surface area (Å²) in [6, 6.07) is 8.18. The molecule has 1 aromatic rings. The number of benzene rings is 1. The molecular formula is C18H28N2O2. The van der Waals surface area contributed by atoms with E-state index < -0.39 is 0 Å². The molecule has 1 aliphatic rings. The van der Waals surface area contributed by atoms with Crippen molar-refractivity contribution < 1.29 is 9.53 Å². The van der Waals surface area contributed by atoms with Crippen molar-refractivity contribution in [2.24, 2.45) is 11.8 Å². The summed E-state index contributed by atoms with van der Waals surface area (Å²) in [6.45, 7) is 6.95. The summed E-state index contributed by atoms with van der Waals surface area (Å²) in [5.74, 6) is 1.74. The van der Waals surface area contributed by atoms with Crippen LogP contribution >= 0.6 is 0 Å². The highest BCUT2D eigenvalue weighted by Gasteiger charge is 2.24. The maximum absolute atomic E-state index is 12.0. The molecule has 0 unspecified atom stereocenters. The number of nitrogens with zero attached hydrogens (tertiary/aromatic N) is 1. The van der Waals surface area contributed by atoms with Gasteiger partial charge in [-0.05, 0) is 30.9 Å². The zero-order valence-corrected chi connectivity index (χ0v) is 14.0. The Hall–Kier alpha value is -1.71. The third-order valence-corrected chi connectivity index (χ3v) is 4.44. The fraction of sp³-hybridized carbons (Fsp3) is 0.611. The third-order valence-electron chi connectivity index (χ3n) is 4.44. The molecule has 2 rings (SSSR count). The van der Waals surface area contributed by atoms with Crippen molar-refractivity contribution in [1.82, 2.24) is 5.32 Å². The molecule has 0 spiro atoms. The fourth-order valence-electron chi connectivity index (χ4n) is 3.02. The number of carbonyl (C=O) groups excluding carboxylic acids is 1. The van der Waals surface area contributed by atoms with Crippen molar-refractivity contribution in [1.29, 1.82) is 0 Å². The number of anilines is 1. The Labute approximate surface area is 133 Å². The van der Waals surface area contributed by atoms with Gasteiger partial charge in [-0.3, -0.25) is 4.79 Å². The van der Waals surface area contributed by atoms with Gasteiger partial charge in [0, 0.05) is 37.3 Å². The number of amides is 1. The van der Waals surface area contributed by atoms with Crippen molar-refractivity contribution in [2.45, 2.75) is 33.1 Å². The van der Waals surface area contributed by atoms with E-state index in [1.165, 1.54) is 5.69 Å². The average Bonchev–Trinajstić information content (AvgIpc) is 3.02. The van der Waals surface area contributed by atoms with Crippen molar-refractivity contribution in [3.05, 3.63) is 24.3 Å². The normalized spacial score (nSPS) is 19.0. The monoisotopic (exact) mass is 304 g/mol. The Morgan fingerprint density at radius 1 is 1.50 bits per heavy atom. The highest BCUT2D eigenvalue weighted by molar-refractivity contribution is 5.78. The van der Waals surface area contributed by atoms with Crippen molar-refractivity contribution in [3.63, 3.8) is 0 Å². The lowest BCUT2D eigenvalue weighted by Gasteiger charge is -2.20. The molecular weight excluding hydrogens is 276 g/mol. The van der Waals surface area contributed by atoms with Gasteiger partial charge in [0.25, 0.3) is 0 Å². The molecule has 122 valence electrons. The summed E-state index contributed by atoms with van der Waals surface area (Å²) >= 11 is 0. The number of ether oxygens (including phenoxy) is 1. The van der Waals surface area contributed by atoms with Gasteiger partial charge in [-0.1, -0.05) is 26.3 Å². The van der Waals surface area contributed by atoms with Gasteiger partial charge in [-0.25, -0.2) is 0 Å². The Morgan fingerprint density at radius 2 is 2.32 bits per heavy atom. The van der Waals surface area contributed by atoms with E-state index in [2.05, 4.69) is 29.3 Å². The molecule has 0 bridgehead atoms. The summed E-state index contributed by atoms with van der Waals surface area (Å²) in [5, 5.41) is 3.11. The van der Waals surface area contributed by atoms with Crippen LogP contribution in [0.1, 0.15) is 33.1 Å². The minimum absolute atomic E-state index is 0.126. The van der Waals surface area contributed by atoms with Crippen molar-refractivity contribution in [2.75, 3.05) is 31.6 Å². The summed E-state index contributed by atoms with van der Waals surface area (Å²) in [4.78, 5) is 14.4. The fourth-order valence-corrected chi connectivity index (χ4v) is 3.02. The third kappa shape index (κ3) is 4.39. The minimum atomic E-state index is 0.126. The standard InChI is InChI=1S/C18H28N2O2/c1-4-6-14(2)18(21)19-12-15-9-10-20(13-15)16-7-5-8-17(11-16)22-3/h5,7-8,11,14-15H,4,6,9-10,12-13H2,1-3H3,(H,19,21)/t14-,15-/m0/s1. The topological polar surface area (TPSA) is 41.6 Å². The Morgan fingerprint density at radius 3 is 3.05 bits per heavy atom. The molecule has 1 N–H and O–H groups in total. The van der Waals surface area contributed by atoms with Crippen LogP contribution in [0.3, 0.4) is 0 Å². The van der Waals surface area contributed by atoms with Crippen LogP contribution in [0.5, 0.6) is 5.75 Å². The van der Waals surface area contributed by atoms with Gasteiger partial charge >= 0.3 is 0 Å². The molecule has 1 amide bonds. The zero-order chi connectivity index (χ0) is 15.9. The number of nitrogens with one attached hydrogen (secondary N) is 1. The molecule has 0 aromatic heterocycles. The van der Waals surface area contributed by atoms with E-state index in [9.17, 15) is 4.79 Å². The Balaban J connectivity index is 1.81. The number of hydrogen-bond acceptors (Lipinski definition) is 3. The van der Waals surface area contributed by atoms with E-state index in [1.54, 1.807) is 7.11 Å². The van der Waals surface area contributed by atoms with Gasteiger partial charge in [-0.15, -0.1) is 0 Å². The van der Waals surface area contributed by atoms with Crippen LogP contribution < -0.4 is 15.0 Å². The lowest BCUT2D eigenvalue weighted by atomic mass is 10.0. The maximum Gasteiger partial charge on any atom is 0.222 e. The van der Waals surface area contributed by atoms with Gasteiger partial charge in [0.05, 0.1) is 7.11 Å². The molecule has 1 aromatic carbocycles. The van der Waals surface area contributed by atoms with E-state index in [0.29, 0.717) is 5.92 Å². The molecule has 0 saturated carbocycles. The Kier molecular flexibility index (Phi) is 6.10. The minimum Gasteiger partial charge on any atom is -0.497 e. The van der Waals surface area contributed by atoms with E-state index >= 15 is 0 Å². The largest absolute Gasteiger partial charge is 0.497 e. The summed E-state index contributed by atoms with van der Waals surface area (Å²) in [6.07, 6.45) is 3.15. The predicted molar refractivity (Wildman–Crippen MR) is 90.4 cm³/mol. The van der Waals surface area contributed by atoms with E-state index in [-0.39, 0.29) is 11.8 Å². The molecule has 2 atom stereocenters. The highest BCUT2D eigenvalue weighted by Crippen LogP contribution is 2.26. The van der Waals surface area contributed by atoms with E-state index in [0.717, 1.165) is 44.6 Å². The lowest BCUT2D eigenvalue weighted by molar-refractivity contribution is -0.124. The molecule has 0 radical (unpaired) electrons. The van der Waals surface area contributed by atoms with Gasteiger partial charge in [0.1, 0.15) is 5.75 Å². The number of methoxy groups -OCH3 is 1. The van der Waals surface area contributed by atoms with Crippen LogP contribution in [0.15, 0.2) is 24.3 Å². The number of carbonyl (C=O) groups is 1. The van der Waals surface area contributed by atoms with Crippen molar-refractivity contribution in [3.8, 4) is 5.75 Å². The molecule has 1 aliphatic heterocycles. The van der Waals surface area contributed by atoms with Gasteiger partial charge in [-0.2, -0.15) is 0 Å². The van der Waals surface area contributed by atoms with Gasteiger partial charge in [0.2, 0.25) is 5.91 Å². The van der Waals surface area contributed by atoms with Crippen LogP contribution in [0, 0.1) is 11.8 Å².